The molecule has 8 heteroatoms. The minimum absolute atomic E-state index is 0.0744. The van der Waals surface area contributed by atoms with Gasteiger partial charge < -0.3 is 9.80 Å². The Morgan fingerprint density at radius 1 is 1.07 bits per heavy atom. The molecule has 0 bridgehead atoms. The number of amides is 3. The van der Waals surface area contributed by atoms with Crippen molar-refractivity contribution < 1.29 is 14.4 Å². The molecule has 3 amide bonds. The van der Waals surface area contributed by atoms with Gasteiger partial charge in [-0.3, -0.25) is 14.9 Å². The van der Waals surface area contributed by atoms with Crippen molar-refractivity contribution in [3.8, 4) is 0 Å². The third kappa shape index (κ3) is 6.72. The van der Waals surface area contributed by atoms with Crippen LogP contribution >= 0.6 is 11.8 Å². The topological polar surface area (TPSA) is 82.1 Å². The van der Waals surface area contributed by atoms with Gasteiger partial charge >= 0.3 is 6.03 Å². The number of imide groups is 1. The van der Waals surface area contributed by atoms with Crippen LogP contribution in [0.2, 0.25) is 0 Å². The van der Waals surface area contributed by atoms with Gasteiger partial charge in [-0.15, -0.1) is 0 Å². The van der Waals surface area contributed by atoms with E-state index in [1.165, 1.54) is 68.0 Å². The van der Waals surface area contributed by atoms with Gasteiger partial charge in [0.05, 0.1) is 5.25 Å². The number of carbonyl (C=O) groups excluding carboxylic acids is 3. The summed E-state index contributed by atoms with van der Waals surface area (Å²) in [6.07, 6.45) is 12.0. The minimum atomic E-state index is -0.518. The van der Waals surface area contributed by atoms with Crippen molar-refractivity contribution in [3.05, 3.63) is 0 Å². The number of thioether (sulfide) groups is 1. The molecule has 0 aromatic rings. The number of nitrogens with zero attached hydrogens (tertiary/aromatic N) is 3. The first-order chi connectivity index (χ1) is 14.4. The first-order valence-corrected chi connectivity index (χ1v) is 12.3. The molecule has 2 aliphatic rings. The Morgan fingerprint density at radius 2 is 1.63 bits per heavy atom. The van der Waals surface area contributed by atoms with Crippen LogP contribution in [0.15, 0.2) is 4.99 Å². The maximum absolute atomic E-state index is 12.5. The van der Waals surface area contributed by atoms with Gasteiger partial charge in [0.1, 0.15) is 5.78 Å². The van der Waals surface area contributed by atoms with Crippen LogP contribution in [0.1, 0.15) is 85.0 Å². The molecular formula is C22H38N4O3S. The van der Waals surface area contributed by atoms with E-state index in [1.807, 2.05) is 11.8 Å². The zero-order valence-corrected chi connectivity index (χ0v) is 19.8. The lowest BCUT2D eigenvalue weighted by atomic mass is 10.1. The summed E-state index contributed by atoms with van der Waals surface area (Å²) in [5.41, 5.74) is 0. The summed E-state index contributed by atoms with van der Waals surface area (Å²) < 4.78 is 0. The molecule has 0 aromatic heterocycles. The predicted octanol–water partition coefficient (Wildman–Crippen LogP) is 4.17. The lowest BCUT2D eigenvalue weighted by Crippen LogP contribution is -2.63. The largest absolute Gasteiger partial charge is 0.336 e. The fourth-order valence-electron chi connectivity index (χ4n) is 3.84. The first-order valence-electron chi connectivity index (χ1n) is 11.5. The number of carbonyl (C=O) groups is 3. The fraction of sp³-hybridized carbons (Fsp3) is 0.818. The summed E-state index contributed by atoms with van der Waals surface area (Å²) in [7, 11) is 1.66. The molecule has 7 nitrogen and oxygen atoms in total. The number of amidine groups is 1. The van der Waals surface area contributed by atoms with E-state index in [0.717, 1.165) is 12.8 Å². The molecule has 2 aliphatic heterocycles. The van der Waals surface area contributed by atoms with E-state index < -0.39 is 18.2 Å². The molecule has 30 heavy (non-hydrogen) atoms. The van der Waals surface area contributed by atoms with Crippen molar-refractivity contribution in [2.24, 2.45) is 4.99 Å². The number of rotatable bonds is 13. The Labute approximate surface area is 185 Å². The van der Waals surface area contributed by atoms with E-state index in [-0.39, 0.29) is 16.9 Å². The average molecular weight is 439 g/mol. The Morgan fingerprint density at radius 3 is 2.20 bits per heavy atom. The van der Waals surface area contributed by atoms with Crippen molar-refractivity contribution in [3.63, 3.8) is 0 Å². The van der Waals surface area contributed by atoms with Crippen LogP contribution < -0.4 is 5.32 Å². The highest BCUT2D eigenvalue weighted by Gasteiger charge is 2.48. The zero-order chi connectivity index (χ0) is 22.1. The van der Waals surface area contributed by atoms with Crippen LogP contribution in [-0.2, 0) is 9.59 Å². The summed E-state index contributed by atoms with van der Waals surface area (Å²) in [6, 6.07) is -0.928. The summed E-state index contributed by atoms with van der Waals surface area (Å²) in [5, 5.41) is 2.88. The smallest absolute Gasteiger partial charge is 0.325 e. The first kappa shape index (κ1) is 24.7. The van der Waals surface area contributed by atoms with Crippen molar-refractivity contribution in [1.82, 2.24) is 15.1 Å². The number of hydrogen-bond donors (Lipinski definition) is 1. The number of fused-ring (bicyclic) bond motifs is 1. The summed E-state index contributed by atoms with van der Waals surface area (Å²) >= 11 is 1.38. The minimum Gasteiger partial charge on any atom is -0.336 e. The monoisotopic (exact) mass is 438 g/mol. The Hall–Kier alpha value is -1.57. The summed E-state index contributed by atoms with van der Waals surface area (Å²) in [4.78, 5) is 44.4. The second-order valence-corrected chi connectivity index (χ2v) is 9.73. The van der Waals surface area contributed by atoms with Crippen LogP contribution in [0, 0.1) is 0 Å². The lowest BCUT2D eigenvalue weighted by Gasteiger charge is -2.36. The number of aliphatic imine (C=N–C) groups is 1. The number of likely N-dealkylation sites (N-methyl/N-ethyl adjacent to an activating group) is 1. The molecule has 0 aliphatic carbocycles. The Balaban J connectivity index is 1.85. The molecule has 0 saturated carbocycles. The van der Waals surface area contributed by atoms with Gasteiger partial charge in [-0.05, 0) is 20.3 Å². The standard InChI is InChI=1S/C22H38N4O3S/c1-5-6-7-8-9-10-11-12-13-14-15-26-18-19(25(4)21(29)24-20(18)28)23-22(26)30-17(3)16(2)27/h17-19H,5-15H2,1-4H3,(H,24,28,29). The molecule has 3 atom stereocenters. The number of Topliss-reactive ketones (excluding diaryl/α,β-unsaturated/α-hetero) is 1. The van der Waals surface area contributed by atoms with Crippen LogP contribution in [0.25, 0.3) is 0 Å². The lowest BCUT2D eigenvalue weighted by molar-refractivity contribution is -0.127. The molecule has 3 unspecified atom stereocenters. The molecule has 0 aromatic carbocycles. The number of ketones is 1. The third-order valence-corrected chi connectivity index (χ3v) is 7.17. The van der Waals surface area contributed by atoms with E-state index >= 15 is 0 Å². The average Bonchev–Trinajstić information content (AvgIpc) is 3.06. The van der Waals surface area contributed by atoms with Crippen molar-refractivity contribution >= 4 is 34.7 Å². The van der Waals surface area contributed by atoms with Crippen molar-refractivity contribution in [2.45, 2.75) is 102 Å². The highest BCUT2D eigenvalue weighted by Crippen LogP contribution is 2.30. The van der Waals surface area contributed by atoms with Crippen molar-refractivity contribution in [2.75, 3.05) is 13.6 Å². The molecular weight excluding hydrogens is 400 g/mol. The highest BCUT2D eigenvalue weighted by molar-refractivity contribution is 8.14. The quantitative estimate of drug-likeness (QED) is 0.437. The number of hydrogen-bond acceptors (Lipinski definition) is 6. The zero-order valence-electron chi connectivity index (χ0n) is 19.0. The van der Waals surface area contributed by atoms with Gasteiger partial charge in [0.25, 0.3) is 5.91 Å². The Kier molecular flexibility index (Phi) is 10.1. The van der Waals surface area contributed by atoms with Gasteiger partial charge in [0.15, 0.2) is 17.4 Å². The van der Waals surface area contributed by atoms with Crippen LogP contribution in [0.3, 0.4) is 0 Å². The second-order valence-electron chi connectivity index (χ2n) is 8.42. The van der Waals surface area contributed by atoms with Gasteiger partial charge in [-0.25, -0.2) is 9.79 Å². The van der Waals surface area contributed by atoms with Gasteiger partial charge in [0, 0.05) is 13.6 Å². The van der Waals surface area contributed by atoms with Crippen LogP contribution in [-0.4, -0.2) is 63.7 Å². The van der Waals surface area contributed by atoms with E-state index in [4.69, 9.17) is 0 Å². The normalized spacial score (nSPS) is 22.1. The highest BCUT2D eigenvalue weighted by atomic mass is 32.2. The molecule has 0 radical (unpaired) electrons. The van der Waals surface area contributed by atoms with Gasteiger partial charge in [-0.2, -0.15) is 0 Å². The van der Waals surface area contributed by atoms with Crippen LogP contribution in [0.4, 0.5) is 4.79 Å². The SMILES string of the molecule is CCCCCCCCCCCCN1C(SC(C)C(C)=O)=NC2C1C(=O)NC(=O)N2C. The predicted molar refractivity (Wildman–Crippen MR) is 123 cm³/mol. The van der Waals surface area contributed by atoms with Crippen molar-refractivity contribution in [1.29, 1.82) is 0 Å². The van der Waals surface area contributed by atoms with Gasteiger partial charge in [-0.1, -0.05) is 76.5 Å². The van der Waals surface area contributed by atoms with E-state index in [2.05, 4.69) is 17.2 Å². The fourth-order valence-corrected chi connectivity index (χ4v) is 4.84. The van der Waals surface area contributed by atoms with E-state index in [1.54, 1.807) is 14.0 Å². The summed E-state index contributed by atoms with van der Waals surface area (Å²) in [6.45, 7) is 6.37. The molecule has 1 N–H and O–H groups in total. The molecule has 2 heterocycles. The maximum atomic E-state index is 12.5. The molecule has 1 fully saturated rings. The maximum Gasteiger partial charge on any atom is 0.325 e. The number of unbranched alkanes of at least 4 members (excludes halogenated alkanes) is 9. The number of urea groups is 1. The second kappa shape index (κ2) is 12.3. The van der Waals surface area contributed by atoms with E-state index in [9.17, 15) is 14.4 Å². The molecule has 1 saturated heterocycles. The van der Waals surface area contributed by atoms with E-state index in [0.29, 0.717) is 11.7 Å². The third-order valence-electron chi connectivity index (χ3n) is 5.93. The molecule has 2 rings (SSSR count). The summed E-state index contributed by atoms with van der Waals surface area (Å²) in [5.74, 6) is -0.227. The molecule has 0 spiro atoms. The molecule has 170 valence electrons. The van der Waals surface area contributed by atoms with Gasteiger partial charge in [0.2, 0.25) is 0 Å². The van der Waals surface area contributed by atoms with Crippen LogP contribution in [0.5, 0.6) is 0 Å². The number of nitrogens with one attached hydrogen (secondary N) is 1. The Bertz CT molecular complexity index is 640.